The van der Waals surface area contributed by atoms with Crippen molar-refractivity contribution in [1.82, 2.24) is 14.5 Å². The normalized spacial score (nSPS) is 14.4. The minimum absolute atomic E-state index is 0.106. The lowest BCUT2D eigenvalue weighted by atomic mass is 9.91. The molecule has 0 aliphatic rings. The molecule has 0 aliphatic heterocycles. The summed E-state index contributed by atoms with van der Waals surface area (Å²) in [6.45, 7) is 12.3. The van der Waals surface area contributed by atoms with Crippen molar-refractivity contribution < 1.29 is 0 Å². The van der Waals surface area contributed by atoms with Gasteiger partial charge in [-0.2, -0.15) is 0 Å². The lowest BCUT2D eigenvalue weighted by molar-refractivity contribution is 0.277. The lowest BCUT2D eigenvalue weighted by Gasteiger charge is -2.29. The summed E-state index contributed by atoms with van der Waals surface area (Å²) >= 11 is 5.51. The maximum absolute atomic E-state index is 5.51. The molecule has 0 spiro atoms. The van der Waals surface area contributed by atoms with Crippen molar-refractivity contribution in [2.45, 2.75) is 52.5 Å². The molecule has 1 aromatic heterocycles. The molecule has 0 amide bonds. The smallest absolute Gasteiger partial charge is 0.177 e. The third kappa shape index (κ3) is 4.46. The van der Waals surface area contributed by atoms with E-state index in [1.807, 2.05) is 0 Å². The fourth-order valence-corrected chi connectivity index (χ4v) is 2.85. The Hall–Kier alpha value is -0.610. The van der Waals surface area contributed by atoms with E-state index in [2.05, 4.69) is 69.4 Å². The van der Waals surface area contributed by atoms with Crippen LogP contribution < -0.4 is 0 Å². The molecule has 0 aromatic carbocycles. The number of hydrogen-bond donors (Lipinski definition) is 1. The fraction of sp³-hybridized carbons (Fsp3) is 0.800. The largest absolute Gasteiger partial charge is 0.337 e. The van der Waals surface area contributed by atoms with Crippen LogP contribution in [-0.4, -0.2) is 35.1 Å². The summed E-state index contributed by atoms with van der Waals surface area (Å²) in [6, 6.07) is 0.433. The highest BCUT2D eigenvalue weighted by molar-refractivity contribution is 7.71. The second-order valence-electron chi connectivity index (χ2n) is 7.14. The second-order valence-corrected chi connectivity index (χ2v) is 7.53. The summed E-state index contributed by atoms with van der Waals surface area (Å²) in [5.41, 5.74) is 1.40. The van der Waals surface area contributed by atoms with E-state index in [9.17, 15) is 0 Å². The first-order valence-electron chi connectivity index (χ1n) is 7.08. The number of imidazole rings is 1. The average Bonchev–Trinajstić information content (AvgIpc) is 2.56. The molecule has 1 rings (SSSR count). The first kappa shape index (κ1) is 16.4. The summed E-state index contributed by atoms with van der Waals surface area (Å²) in [5.74, 6) is 0.662. The Kier molecular flexibility index (Phi) is 5.39. The van der Waals surface area contributed by atoms with Crippen LogP contribution >= 0.6 is 12.2 Å². The molecular formula is C15H29N3S. The summed E-state index contributed by atoms with van der Waals surface area (Å²) in [5, 5.41) is 0. The van der Waals surface area contributed by atoms with Crippen molar-refractivity contribution in [3.8, 4) is 0 Å². The highest BCUT2D eigenvalue weighted by Crippen LogP contribution is 2.28. The van der Waals surface area contributed by atoms with E-state index in [4.69, 9.17) is 12.2 Å². The van der Waals surface area contributed by atoms with Crippen LogP contribution in [0.25, 0.3) is 0 Å². The van der Waals surface area contributed by atoms with Gasteiger partial charge in [0.2, 0.25) is 0 Å². The van der Waals surface area contributed by atoms with Crippen LogP contribution in [0, 0.1) is 10.7 Å². The first-order chi connectivity index (χ1) is 8.62. The van der Waals surface area contributed by atoms with Gasteiger partial charge >= 0.3 is 0 Å². The van der Waals surface area contributed by atoms with Gasteiger partial charge in [-0.15, -0.1) is 0 Å². The number of rotatable bonds is 5. The van der Waals surface area contributed by atoms with E-state index in [1.165, 1.54) is 5.69 Å². The molecule has 3 nitrogen and oxygen atoms in total. The molecule has 1 aromatic rings. The van der Waals surface area contributed by atoms with Gasteiger partial charge in [0.05, 0.1) is 0 Å². The summed E-state index contributed by atoms with van der Waals surface area (Å²) in [4.78, 5) is 5.47. The molecule has 0 aliphatic carbocycles. The van der Waals surface area contributed by atoms with Crippen LogP contribution in [0.1, 0.15) is 52.8 Å². The van der Waals surface area contributed by atoms with Crippen LogP contribution in [0.4, 0.5) is 0 Å². The van der Waals surface area contributed by atoms with Crippen LogP contribution in [0.2, 0.25) is 0 Å². The summed E-state index contributed by atoms with van der Waals surface area (Å²) in [6.07, 6.45) is 3.22. The standard InChI is InChI=1S/C15H29N3S/c1-11(2)8-12(10-17(6)7)18-13(15(3,4)5)9-16-14(18)19/h9,11-12H,8,10H2,1-7H3,(H,16,19). The Labute approximate surface area is 123 Å². The van der Waals surface area contributed by atoms with Crippen molar-refractivity contribution in [1.29, 1.82) is 0 Å². The zero-order chi connectivity index (χ0) is 14.8. The van der Waals surface area contributed by atoms with E-state index in [0.29, 0.717) is 12.0 Å². The predicted molar refractivity (Wildman–Crippen MR) is 85.4 cm³/mol. The number of aromatic nitrogens is 2. The topological polar surface area (TPSA) is 24.0 Å². The van der Waals surface area contributed by atoms with E-state index in [1.54, 1.807) is 0 Å². The van der Waals surface area contributed by atoms with Gasteiger partial charge < -0.3 is 14.5 Å². The van der Waals surface area contributed by atoms with Crippen molar-refractivity contribution in [3.05, 3.63) is 16.7 Å². The van der Waals surface area contributed by atoms with Crippen LogP contribution in [0.5, 0.6) is 0 Å². The molecule has 0 radical (unpaired) electrons. The molecular weight excluding hydrogens is 254 g/mol. The predicted octanol–water partition coefficient (Wildman–Crippen LogP) is 3.99. The third-order valence-corrected chi connectivity index (χ3v) is 3.58. The van der Waals surface area contributed by atoms with Gasteiger partial charge in [0.25, 0.3) is 0 Å². The van der Waals surface area contributed by atoms with Gasteiger partial charge in [0, 0.05) is 29.9 Å². The SMILES string of the molecule is CC(C)CC(CN(C)C)n1c(C(C)(C)C)c[nH]c1=S. The molecule has 1 N–H and O–H groups in total. The van der Waals surface area contributed by atoms with Gasteiger partial charge in [0.15, 0.2) is 4.77 Å². The molecule has 1 unspecified atom stereocenters. The van der Waals surface area contributed by atoms with Gasteiger partial charge in [-0.05, 0) is 38.7 Å². The number of aromatic amines is 1. The van der Waals surface area contributed by atoms with E-state index >= 15 is 0 Å². The Balaban J connectivity index is 3.21. The Morgan fingerprint density at radius 3 is 2.32 bits per heavy atom. The molecule has 0 saturated carbocycles. The van der Waals surface area contributed by atoms with E-state index < -0.39 is 0 Å². The molecule has 0 saturated heterocycles. The highest BCUT2D eigenvalue weighted by Gasteiger charge is 2.24. The molecule has 1 heterocycles. The van der Waals surface area contributed by atoms with Gasteiger partial charge in [-0.3, -0.25) is 0 Å². The Bertz CT molecular complexity index is 439. The van der Waals surface area contributed by atoms with Crippen molar-refractivity contribution in [2.24, 2.45) is 5.92 Å². The molecule has 19 heavy (non-hydrogen) atoms. The van der Waals surface area contributed by atoms with Crippen molar-refractivity contribution in [2.75, 3.05) is 20.6 Å². The lowest BCUT2D eigenvalue weighted by Crippen LogP contribution is -2.29. The number of likely N-dealkylation sites (N-methyl/N-ethyl adjacent to an activating group) is 1. The number of H-pyrrole nitrogens is 1. The van der Waals surface area contributed by atoms with Crippen LogP contribution in [-0.2, 0) is 5.41 Å². The maximum atomic E-state index is 5.51. The van der Waals surface area contributed by atoms with E-state index in [-0.39, 0.29) is 5.41 Å². The minimum atomic E-state index is 0.106. The monoisotopic (exact) mass is 283 g/mol. The average molecular weight is 283 g/mol. The maximum Gasteiger partial charge on any atom is 0.177 e. The highest BCUT2D eigenvalue weighted by atomic mass is 32.1. The number of hydrogen-bond acceptors (Lipinski definition) is 2. The molecule has 1 atom stereocenters. The van der Waals surface area contributed by atoms with Gasteiger partial charge in [-0.25, -0.2) is 0 Å². The molecule has 4 heteroatoms. The first-order valence-corrected chi connectivity index (χ1v) is 7.49. The molecule has 0 fully saturated rings. The van der Waals surface area contributed by atoms with Crippen LogP contribution in [0.3, 0.4) is 0 Å². The Morgan fingerprint density at radius 1 is 1.32 bits per heavy atom. The summed E-state index contributed by atoms with van der Waals surface area (Å²) < 4.78 is 3.17. The number of nitrogens with one attached hydrogen (secondary N) is 1. The van der Waals surface area contributed by atoms with Gasteiger partial charge in [-0.1, -0.05) is 34.6 Å². The Morgan fingerprint density at radius 2 is 1.89 bits per heavy atom. The zero-order valence-electron chi connectivity index (χ0n) is 13.4. The third-order valence-electron chi connectivity index (χ3n) is 3.26. The zero-order valence-corrected chi connectivity index (χ0v) is 14.3. The van der Waals surface area contributed by atoms with Crippen molar-refractivity contribution in [3.63, 3.8) is 0 Å². The summed E-state index contributed by atoms with van der Waals surface area (Å²) in [7, 11) is 4.25. The second kappa shape index (κ2) is 6.23. The molecule has 0 bridgehead atoms. The quantitative estimate of drug-likeness (QED) is 0.826. The minimum Gasteiger partial charge on any atom is -0.337 e. The van der Waals surface area contributed by atoms with E-state index in [0.717, 1.165) is 17.7 Å². The van der Waals surface area contributed by atoms with Crippen LogP contribution in [0.15, 0.2) is 6.20 Å². The van der Waals surface area contributed by atoms with Crippen molar-refractivity contribution >= 4 is 12.2 Å². The molecule has 110 valence electrons. The fourth-order valence-electron chi connectivity index (χ4n) is 2.55. The van der Waals surface area contributed by atoms with Gasteiger partial charge in [0.1, 0.15) is 0 Å². The number of nitrogens with zero attached hydrogens (tertiary/aromatic N) is 2.